The van der Waals surface area contributed by atoms with Crippen molar-refractivity contribution in [2.24, 2.45) is 0 Å². The van der Waals surface area contributed by atoms with E-state index in [1.165, 1.54) is 28.7 Å². The van der Waals surface area contributed by atoms with Gasteiger partial charge in [-0.05, 0) is 76.1 Å². The van der Waals surface area contributed by atoms with Gasteiger partial charge in [-0.15, -0.1) is 11.3 Å². The molecular formula is C27H27N3O2S2. The van der Waals surface area contributed by atoms with Crippen molar-refractivity contribution < 1.29 is 9.59 Å². The number of aryl methyl sites for hydroxylation is 4. The molecule has 0 aliphatic heterocycles. The summed E-state index contributed by atoms with van der Waals surface area (Å²) in [7, 11) is 0. The Morgan fingerprint density at radius 2 is 1.56 bits per heavy atom. The van der Waals surface area contributed by atoms with Gasteiger partial charge in [0.05, 0.1) is 15.5 Å². The lowest BCUT2D eigenvalue weighted by molar-refractivity contribution is -0.115. The van der Waals surface area contributed by atoms with E-state index in [2.05, 4.69) is 34.7 Å². The van der Waals surface area contributed by atoms with Crippen molar-refractivity contribution in [2.75, 3.05) is 10.6 Å². The fraction of sp³-hybridized carbons (Fsp3) is 0.222. The molecule has 0 saturated heterocycles. The maximum atomic E-state index is 12.8. The minimum absolute atomic E-state index is 0.0506. The molecule has 1 atom stereocenters. The number of fused-ring (bicyclic) bond motifs is 1. The second-order valence-corrected chi connectivity index (χ2v) is 11.1. The van der Waals surface area contributed by atoms with Gasteiger partial charge in [0.2, 0.25) is 5.91 Å². The molecule has 4 aromatic rings. The second-order valence-electron chi connectivity index (χ2n) is 8.51. The van der Waals surface area contributed by atoms with Gasteiger partial charge in [0, 0.05) is 16.9 Å². The van der Waals surface area contributed by atoms with E-state index in [-0.39, 0.29) is 17.1 Å². The number of thiazole rings is 1. The van der Waals surface area contributed by atoms with Crippen LogP contribution >= 0.6 is 23.1 Å². The highest BCUT2D eigenvalue weighted by Crippen LogP contribution is 2.34. The van der Waals surface area contributed by atoms with Gasteiger partial charge in [-0.3, -0.25) is 9.59 Å². The molecule has 0 bridgehead atoms. The Balaban J connectivity index is 1.44. The van der Waals surface area contributed by atoms with Crippen LogP contribution in [-0.4, -0.2) is 22.0 Å². The summed E-state index contributed by atoms with van der Waals surface area (Å²) in [6.07, 6.45) is 0. The lowest BCUT2D eigenvalue weighted by Gasteiger charge is -2.15. The fourth-order valence-electron chi connectivity index (χ4n) is 3.75. The number of amides is 2. The summed E-state index contributed by atoms with van der Waals surface area (Å²) in [6, 6.07) is 17.3. The molecule has 2 N–H and O–H groups in total. The summed E-state index contributed by atoms with van der Waals surface area (Å²) >= 11 is 2.95. The topological polar surface area (TPSA) is 71.1 Å². The molecule has 34 heavy (non-hydrogen) atoms. The smallest absolute Gasteiger partial charge is 0.255 e. The van der Waals surface area contributed by atoms with Gasteiger partial charge < -0.3 is 10.6 Å². The molecule has 2 amide bonds. The minimum atomic E-state index is -0.304. The molecule has 0 spiro atoms. The Hall–Kier alpha value is -3.16. The van der Waals surface area contributed by atoms with E-state index in [0.717, 1.165) is 42.6 Å². The summed E-state index contributed by atoms with van der Waals surface area (Å²) in [6.45, 7) is 9.95. The Labute approximate surface area is 208 Å². The van der Waals surface area contributed by atoms with Gasteiger partial charge in [0.25, 0.3) is 5.91 Å². The van der Waals surface area contributed by atoms with Crippen LogP contribution in [0.15, 0.2) is 58.9 Å². The van der Waals surface area contributed by atoms with Crippen LogP contribution in [0.1, 0.15) is 39.5 Å². The monoisotopic (exact) mass is 489 g/mol. The van der Waals surface area contributed by atoms with E-state index in [4.69, 9.17) is 0 Å². The molecule has 0 aliphatic rings. The van der Waals surface area contributed by atoms with Gasteiger partial charge in [-0.1, -0.05) is 47.2 Å². The summed E-state index contributed by atoms with van der Waals surface area (Å²) < 4.78 is 1.78. The van der Waals surface area contributed by atoms with Crippen molar-refractivity contribution in [1.29, 1.82) is 0 Å². The molecule has 5 nitrogen and oxygen atoms in total. The number of carbonyl (C=O) groups excluding carboxylic acids is 2. The highest BCUT2D eigenvalue weighted by molar-refractivity contribution is 8.02. The molecule has 7 heteroatoms. The van der Waals surface area contributed by atoms with Crippen molar-refractivity contribution in [3.8, 4) is 0 Å². The van der Waals surface area contributed by atoms with E-state index in [1.807, 2.05) is 70.2 Å². The van der Waals surface area contributed by atoms with Crippen LogP contribution in [0.3, 0.4) is 0 Å². The number of hydrogen-bond donors (Lipinski definition) is 2. The number of nitrogens with one attached hydrogen (secondary N) is 2. The zero-order valence-electron chi connectivity index (χ0n) is 19.9. The summed E-state index contributed by atoms with van der Waals surface area (Å²) in [5.74, 6) is -0.198. The quantitative estimate of drug-likeness (QED) is 0.289. The first kappa shape index (κ1) is 24.0. The van der Waals surface area contributed by atoms with Crippen LogP contribution in [0.4, 0.5) is 11.4 Å². The van der Waals surface area contributed by atoms with Crippen molar-refractivity contribution in [2.45, 2.75) is 44.2 Å². The van der Waals surface area contributed by atoms with E-state index in [1.54, 1.807) is 0 Å². The van der Waals surface area contributed by atoms with Crippen LogP contribution in [0.5, 0.6) is 0 Å². The standard InChI is InChI=1S/C27H27N3O2S2/c1-15-6-8-20(9-7-15)26(32)28-21-10-11-22-23(14-21)34-27(29-22)33-19(5)25(31)30-24-17(3)12-16(2)13-18(24)4/h6-14,19H,1-5H3,(H,28,32)(H,30,31). The molecule has 0 saturated carbocycles. The first-order chi connectivity index (χ1) is 16.2. The predicted octanol–water partition coefficient (Wildman–Crippen LogP) is 6.90. The van der Waals surface area contributed by atoms with Crippen molar-refractivity contribution in [1.82, 2.24) is 4.98 Å². The summed E-state index contributed by atoms with van der Waals surface area (Å²) in [4.78, 5) is 30.0. The fourth-order valence-corrected chi connectivity index (χ4v) is 6.00. The molecular weight excluding hydrogens is 462 g/mol. The third kappa shape index (κ3) is 5.48. The second kappa shape index (κ2) is 9.99. The van der Waals surface area contributed by atoms with Gasteiger partial charge >= 0.3 is 0 Å². The third-order valence-corrected chi connectivity index (χ3v) is 7.72. The van der Waals surface area contributed by atoms with E-state index in [9.17, 15) is 9.59 Å². The van der Waals surface area contributed by atoms with Gasteiger partial charge in [0.1, 0.15) is 0 Å². The SMILES string of the molecule is Cc1ccc(C(=O)Nc2ccc3nc(SC(C)C(=O)Nc4c(C)cc(C)cc4C)sc3c2)cc1. The number of benzene rings is 3. The average Bonchev–Trinajstić information content (AvgIpc) is 3.17. The molecule has 1 unspecified atom stereocenters. The molecule has 4 rings (SSSR count). The van der Waals surface area contributed by atoms with Crippen LogP contribution in [0.2, 0.25) is 0 Å². The molecule has 3 aromatic carbocycles. The van der Waals surface area contributed by atoms with Crippen molar-refractivity contribution in [3.05, 3.63) is 82.4 Å². The minimum Gasteiger partial charge on any atom is -0.325 e. The number of hydrogen-bond acceptors (Lipinski definition) is 5. The van der Waals surface area contributed by atoms with Crippen molar-refractivity contribution in [3.63, 3.8) is 0 Å². The number of anilines is 2. The number of nitrogens with zero attached hydrogens (tertiary/aromatic N) is 1. The summed E-state index contributed by atoms with van der Waals surface area (Å²) in [5.41, 5.74) is 7.46. The molecule has 1 heterocycles. The van der Waals surface area contributed by atoms with Crippen LogP contribution < -0.4 is 10.6 Å². The molecule has 174 valence electrons. The Morgan fingerprint density at radius 3 is 2.24 bits per heavy atom. The van der Waals surface area contributed by atoms with Crippen LogP contribution in [-0.2, 0) is 4.79 Å². The first-order valence-electron chi connectivity index (χ1n) is 11.0. The first-order valence-corrected chi connectivity index (χ1v) is 12.7. The highest BCUT2D eigenvalue weighted by Gasteiger charge is 2.19. The van der Waals surface area contributed by atoms with E-state index >= 15 is 0 Å². The lowest BCUT2D eigenvalue weighted by atomic mass is 10.1. The largest absolute Gasteiger partial charge is 0.325 e. The van der Waals surface area contributed by atoms with Crippen LogP contribution in [0, 0.1) is 27.7 Å². The average molecular weight is 490 g/mol. The predicted molar refractivity (Wildman–Crippen MR) is 143 cm³/mol. The molecule has 0 fully saturated rings. The Bertz CT molecular complexity index is 1350. The van der Waals surface area contributed by atoms with Gasteiger partial charge in [-0.2, -0.15) is 0 Å². The Morgan fingerprint density at radius 1 is 0.882 bits per heavy atom. The third-order valence-electron chi connectivity index (χ3n) is 5.51. The normalized spacial score (nSPS) is 11.9. The lowest BCUT2D eigenvalue weighted by Crippen LogP contribution is -2.23. The zero-order chi connectivity index (χ0) is 24.4. The molecule has 1 aromatic heterocycles. The Kier molecular flexibility index (Phi) is 7.05. The molecule has 0 aliphatic carbocycles. The van der Waals surface area contributed by atoms with Gasteiger partial charge in [0.15, 0.2) is 4.34 Å². The van der Waals surface area contributed by atoms with E-state index in [0.29, 0.717) is 5.56 Å². The van der Waals surface area contributed by atoms with Crippen molar-refractivity contribution >= 4 is 56.5 Å². The highest BCUT2D eigenvalue weighted by atomic mass is 32.2. The maximum absolute atomic E-state index is 12.8. The van der Waals surface area contributed by atoms with E-state index < -0.39 is 0 Å². The number of carbonyl (C=O) groups is 2. The number of aromatic nitrogens is 1. The number of thioether (sulfide) groups is 1. The zero-order valence-corrected chi connectivity index (χ0v) is 21.5. The van der Waals surface area contributed by atoms with Crippen LogP contribution in [0.25, 0.3) is 10.2 Å². The maximum Gasteiger partial charge on any atom is 0.255 e. The van der Waals surface area contributed by atoms with Gasteiger partial charge in [-0.25, -0.2) is 4.98 Å². The summed E-state index contributed by atoms with van der Waals surface area (Å²) in [5, 5.41) is 5.72. The number of rotatable bonds is 6. The molecule has 0 radical (unpaired) electrons.